The molecule has 0 fully saturated rings. The topological polar surface area (TPSA) is 96.5 Å². The molecule has 0 radical (unpaired) electrons. The minimum atomic E-state index is -0.846. The summed E-state index contributed by atoms with van der Waals surface area (Å²) in [5, 5.41) is 17.5. The minimum absolute atomic E-state index is 0.00441. The highest BCUT2D eigenvalue weighted by Gasteiger charge is 2.14. The van der Waals surface area contributed by atoms with Gasteiger partial charge in [-0.25, -0.2) is 4.68 Å². The third kappa shape index (κ3) is 5.93. The van der Waals surface area contributed by atoms with Crippen LogP contribution < -0.4 is 0 Å². The lowest BCUT2D eigenvalue weighted by Gasteiger charge is -2.22. The Hall–Kier alpha value is -3.65. The van der Waals surface area contributed by atoms with E-state index in [1.165, 1.54) is 0 Å². The van der Waals surface area contributed by atoms with E-state index in [2.05, 4.69) is 31.3 Å². The molecule has 1 aliphatic rings. The average molecular weight is 416 g/mol. The van der Waals surface area contributed by atoms with Gasteiger partial charge in [0.15, 0.2) is 0 Å². The van der Waals surface area contributed by atoms with Crippen molar-refractivity contribution in [3.8, 4) is 5.69 Å². The van der Waals surface area contributed by atoms with Crippen LogP contribution in [0.5, 0.6) is 0 Å². The van der Waals surface area contributed by atoms with E-state index in [0.717, 1.165) is 47.7 Å². The SMILES string of the molecule is O=C(O)Cc1ccc(-n2cc(CN(CC3=NC=CCC3)Cc3ccccn3)nn2)cc1. The van der Waals surface area contributed by atoms with Crippen LogP contribution >= 0.6 is 0 Å². The molecule has 8 nitrogen and oxygen atoms in total. The van der Waals surface area contributed by atoms with Gasteiger partial charge in [-0.15, -0.1) is 5.10 Å². The lowest BCUT2D eigenvalue weighted by atomic mass is 10.1. The second kappa shape index (κ2) is 9.90. The zero-order chi connectivity index (χ0) is 21.5. The number of carbonyl (C=O) groups is 1. The van der Waals surface area contributed by atoms with Crippen LogP contribution in [0.3, 0.4) is 0 Å². The van der Waals surface area contributed by atoms with Crippen molar-refractivity contribution in [2.45, 2.75) is 32.4 Å². The summed E-state index contributed by atoms with van der Waals surface area (Å²) in [6, 6.07) is 13.2. The van der Waals surface area contributed by atoms with Gasteiger partial charge >= 0.3 is 5.97 Å². The van der Waals surface area contributed by atoms with Gasteiger partial charge in [0.2, 0.25) is 0 Å². The van der Waals surface area contributed by atoms with Crippen molar-refractivity contribution < 1.29 is 9.90 Å². The van der Waals surface area contributed by atoms with Crippen LogP contribution in [-0.2, 0) is 24.3 Å². The Morgan fingerprint density at radius 2 is 1.90 bits per heavy atom. The molecule has 0 amide bonds. The maximum atomic E-state index is 10.9. The fourth-order valence-electron chi connectivity index (χ4n) is 3.48. The van der Waals surface area contributed by atoms with E-state index in [1.807, 2.05) is 42.7 Å². The van der Waals surface area contributed by atoms with Crippen molar-refractivity contribution in [1.29, 1.82) is 0 Å². The van der Waals surface area contributed by atoms with Crippen LogP contribution in [0.15, 0.2) is 72.1 Å². The van der Waals surface area contributed by atoms with Crippen LogP contribution in [0.1, 0.15) is 29.8 Å². The summed E-state index contributed by atoms with van der Waals surface area (Å²) in [6.07, 6.45) is 9.65. The number of hydrogen-bond donors (Lipinski definition) is 1. The van der Waals surface area contributed by atoms with Crippen molar-refractivity contribution in [3.05, 3.63) is 84.1 Å². The van der Waals surface area contributed by atoms with Crippen LogP contribution in [-0.4, -0.2) is 48.2 Å². The molecule has 158 valence electrons. The zero-order valence-corrected chi connectivity index (χ0v) is 17.1. The largest absolute Gasteiger partial charge is 0.481 e. The molecule has 0 atom stereocenters. The molecule has 1 aliphatic heterocycles. The summed E-state index contributed by atoms with van der Waals surface area (Å²) >= 11 is 0. The number of rotatable bonds is 9. The van der Waals surface area contributed by atoms with Crippen LogP contribution in [0.25, 0.3) is 5.69 Å². The minimum Gasteiger partial charge on any atom is -0.481 e. The van der Waals surface area contributed by atoms with Crippen LogP contribution in [0.4, 0.5) is 0 Å². The number of pyridine rings is 1. The Kier molecular flexibility index (Phi) is 6.59. The molecule has 1 aromatic carbocycles. The van der Waals surface area contributed by atoms with E-state index in [-0.39, 0.29) is 6.42 Å². The highest BCUT2D eigenvalue weighted by molar-refractivity contribution is 5.87. The van der Waals surface area contributed by atoms with E-state index in [1.54, 1.807) is 23.0 Å². The molecule has 8 heteroatoms. The molecule has 0 unspecified atom stereocenters. The van der Waals surface area contributed by atoms with Gasteiger partial charge in [-0.05, 0) is 42.7 Å². The standard InChI is InChI=1S/C23H24N6O2/c30-23(31)13-18-7-9-22(10-8-18)29-17-21(26-27-29)16-28(14-19-5-1-3-11-24-19)15-20-6-2-4-12-25-20/h1,3-5,7-12,17H,2,6,13-16H2,(H,30,31). The van der Waals surface area contributed by atoms with Gasteiger partial charge in [-0.2, -0.15) is 0 Å². The maximum Gasteiger partial charge on any atom is 0.307 e. The highest BCUT2D eigenvalue weighted by Crippen LogP contribution is 2.13. The van der Waals surface area contributed by atoms with Gasteiger partial charge in [-0.3, -0.25) is 19.7 Å². The molecule has 0 aliphatic carbocycles. The number of allylic oxidation sites excluding steroid dienone is 1. The molecule has 2 aromatic heterocycles. The van der Waals surface area contributed by atoms with Crippen LogP contribution in [0.2, 0.25) is 0 Å². The number of carboxylic acid groups (broad SMARTS) is 1. The lowest BCUT2D eigenvalue weighted by Crippen LogP contribution is -2.30. The van der Waals surface area contributed by atoms with E-state index in [9.17, 15) is 4.79 Å². The fourth-order valence-corrected chi connectivity index (χ4v) is 3.48. The molecule has 0 saturated carbocycles. The molecular weight excluding hydrogens is 392 g/mol. The molecule has 0 bridgehead atoms. The summed E-state index contributed by atoms with van der Waals surface area (Å²) < 4.78 is 1.71. The Morgan fingerprint density at radius 3 is 2.61 bits per heavy atom. The lowest BCUT2D eigenvalue weighted by molar-refractivity contribution is -0.136. The summed E-state index contributed by atoms with van der Waals surface area (Å²) in [5.74, 6) is -0.846. The fraction of sp³-hybridized carbons (Fsp3) is 0.261. The summed E-state index contributed by atoms with van der Waals surface area (Å²) in [6.45, 7) is 2.06. The molecule has 3 heterocycles. The van der Waals surface area contributed by atoms with E-state index in [0.29, 0.717) is 13.1 Å². The Bertz CT molecular complexity index is 1070. The summed E-state index contributed by atoms with van der Waals surface area (Å²) in [4.78, 5) is 22.1. The third-order valence-corrected chi connectivity index (χ3v) is 4.96. The van der Waals surface area contributed by atoms with E-state index >= 15 is 0 Å². The number of aliphatic carboxylic acids is 1. The van der Waals surface area contributed by atoms with Crippen LogP contribution in [0, 0.1) is 0 Å². The van der Waals surface area contributed by atoms with E-state index in [4.69, 9.17) is 5.11 Å². The second-order valence-corrected chi connectivity index (χ2v) is 7.48. The van der Waals surface area contributed by atoms with Gasteiger partial charge in [-0.1, -0.05) is 29.5 Å². The van der Waals surface area contributed by atoms with Crippen molar-refractivity contribution in [2.75, 3.05) is 6.54 Å². The Morgan fingerprint density at radius 1 is 1.06 bits per heavy atom. The smallest absolute Gasteiger partial charge is 0.307 e. The molecule has 3 aromatic rings. The van der Waals surface area contributed by atoms with E-state index < -0.39 is 5.97 Å². The number of hydrogen-bond acceptors (Lipinski definition) is 6. The normalized spacial score (nSPS) is 13.4. The number of benzene rings is 1. The first-order chi connectivity index (χ1) is 15.2. The van der Waals surface area contributed by atoms with Crippen molar-refractivity contribution in [2.24, 2.45) is 4.99 Å². The molecular formula is C23H24N6O2. The maximum absolute atomic E-state index is 10.9. The molecule has 0 spiro atoms. The Labute approximate surface area is 180 Å². The molecule has 4 rings (SSSR count). The predicted octanol–water partition coefficient (Wildman–Crippen LogP) is 3.04. The average Bonchev–Trinajstić information content (AvgIpc) is 3.24. The molecule has 0 saturated heterocycles. The number of aromatic nitrogens is 4. The number of nitrogens with zero attached hydrogens (tertiary/aromatic N) is 6. The first-order valence-corrected chi connectivity index (χ1v) is 10.2. The number of carboxylic acids is 1. The van der Waals surface area contributed by atoms with Gasteiger partial charge in [0.25, 0.3) is 0 Å². The Balaban J connectivity index is 1.47. The predicted molar refractivity (Wildman–Crippen MR) is 117 cm³/mol. The zero-order valence-electron chi connectivity index (χ0n) is 17.1. The van der Waals surface area contributed by atoms with Crippen molar-refractivity contribution >= 4 is 11.7 Å². The second-order valence-electron chi connectivity index (χ2n) is 7.48. The van der Waals surface area contributed by atoms with Crippen molar-refractivity contribution in [1.82, 2.24) is 24.9 Å². The monoisotopic (exact) mass is 416 g/mol. The van der Waals surface area contributed by atoms with Gasteiger partial charge in [0.1, 0.15) is 0 Å². The van der Waals surface area contributed by atoms with Gasteiger partial charge < -0.3 is 5.11 Å². The van der Waals surface area contributed by atoms with Gasteiger partial charge in [0.05, 0.1) is 29.7 Å². The molecule has 1 N–H and O–H groups in total. The third-order valence-electron chi connectivity index (χ3n) is 4.96. The highest BCUT2D eigenvalue weighted by atomic mass is 16.4. The van der Waals surface area contributed by atoms with Gasteiger partial charge in [0, 0.05) is 37.7 Å². The molecule has 31 heavy (non-hydrogen) atoms. The quantitative estimate of drug-likeness (QED) is 0.576. The summed E-state index contributed by atoms with van der Waals surface area (Å²) in [7, 11) is 0. The van der Waals surface area contributed by atoms with Crippen molar-refractivity contribution in [3.63, 3.8) is 0 Å². The summed E-state index contributed by atoms with van der Waals surface area (Å²) in [5.41, 5.74) is 4.58. The number of aliphatic imine (C=N–C) groups is 1. The first kappa shape index (κ1) is 20.6. The first-order valence-electron chi connectivity index (χ1n) is 10.2.